The summed E-state index contributed by atoms with van der Waals surface area (Å²) in [6, 6.07) is 9.21. The molecule has 2 rings (SSSR count). The van der Waals surface area contributed by atoms with Gasteiger partial charge >= 0.3 is 5.97 Å². The Morgan fingerprint density at radius 1 is 1.18 bits per heavy atom. The molecule has 1 saturated heterocycles. The van der Waals surface area contributed by atoms with Gasteiger partial charge in [0.25, 0.3) is 5.91 Å². The molecule has 1 aromatic rings. The second kappa shape index (κ2) is 7.40. The zero-order valence-corrected chi connectivity index (χ0v) is 13.2. The van der Waals surface area contributed by atoms with Crippen LogP contribution in [0, 0.1) is 5.41 Å². The summed E-state index contributed by atoms with van der Waals surface area (Å²) < 4.78 is 10.4. The summed E-state index contributed by atoms with van der Waals surface area (Å²) in [5.41, 5.74) is 0.0518. The van der Waals surface area contributed by atoms with Crippen molar-refractivity contribution in [1.29, 1.82) is 0 Å². The summed E-state index contributed by atoms with van der Waals surface area (Å²) in [5.74, 6) is -0.209. The molecule has 0 N–H and O–H groups in total. The largest absolute Gasteiger partial charge is 0.465 e. The molecule has 5 heteroatoms. The van der Waals surface area contributed by atoms with E-state index in [0.717, 1.165) is 0 Å². The minimum Gasteiger partial charge on any atom is -0.465 e. The van der Waals surface area contributed by atoms with E-state index in [9.17, 15) is 9.59 Å². The zero-order chi connectivity index (χ0) is 16.0. The van der Waals surface area contributed by atoms with Crippen molar-refractivity contribution >= 4 is 11.9 Å². The van der Waals surface area contributed by atoms with E-state index in [1.165, 1.54) is 0 Å². The second-order valence-corrected chi connectivity index (χ2v) is 5.59. The van der Waals surface area contributed by atoms with Crippen LogP contribution < -0.4 is 0 Å². The number of nitrogens with zero attached hydrogens (tertiary/aromatic N) is 1. The van der Waals surface area contributed by atoms with Crippen molar-refractivity contribution in [2.45, 2.75) is 19.8 Å². The molecule has 120 valence electrons. The average molecular weight is 305 g/mol. The summed E-state index contributed by atoms with van der Waals surface area (Å²) in [7, 11) is 1.59. The lowest BCUT2D eigenvalue weighted by Gasteiger charge is -2.39. The first-order valence-electron chi connectivity index (χ1n) is 7.63. The summed E-state index contributed by atoms with van der Waals surface area (Å²) >= 11 is 0. The maximum Gasteiger partial charge on any atom is 0.314 e. The normalized spacial score (nSPS) is 17.1. The first-order valence-corrected chi connectivity index (χ1v) is 7.63. The molecule has 0 radical (unpaired) electrons. The van der Waals surface area contributed by atoms with E-state index in [4.69, 9.17) is 9.47 Å². The van der Waals surface area contributed by atoms with Gasteiger partial charge < -0.3 is 14.4 Å². The molecule has 0 spiro atoms. The fourth-order valence-corrected chi connectivity index (χ4v) is 2.87. The number of hydrogen-bond donors (Lipinski definition) is 0. The van der Waals surface area contributed by atoms with Gasteiger partial charge in [-0.1, -0.05) is 18.2 Å². The van der Waals surface area contributed by atoms with Gasteiger partial charge in [-0.2, -0.15) is 0 Å². The van der Waals surface area contributed by atoms with Crippen LogP contribution in [-0.2, 0) is 14.3 Å². The van der Waals surface area contributed by atoms with Crippen molar-refractivity contribution in [3.8, 4) is 0 Å². The Hall–Kier alpha value is -1.88. The molecule has 0 atom stereocenters. The molecule has 1 fully saturated rings. The number of likely N-dealkylation sites (tertiary alicyclic amines) is 1. The Morgan fingerprint density at radius 2 is 1.82 bits per heavy atom. The maximum absolute atomic E-state index is 12.4. The first-order chi connectivity index (χ1) is 10.6. The van der Waals surface area contributed by atoms with Crippen LogP contribution in [-0.4, -0.2) is 50.2 Å². The molecule has 1 amide bonds. The number of hydrogen-bond acceptors (Lipinski definition) is 4. The fraction of sp³-hybridized carbons (Fsp3) is 0.529. The van der Waals surface area contributed by atoms with Gasteiger partial charge in [0.05, 0.1) is 18.6 Å². The van der Waals surface area contributed by atoms with Crippen molar-refractivity contribution in [3.05, 3.63) is 35.9 Å². The third-order valence-electron chi connectivity index (χ3n) is 4.16. The average Bonchev–Trinajstić information content (AvgIpc) is 2.56. The van der Waals surface area contributed by atoms with Gasteiger partial charge in [0, 0.05) is 25.8 Å². The summed E-state index contributed by atoms with van der Waals surface area (Å²) in [6.07, 6.45) is 1.14. The highest BCUT2D eigenvalue weighted by Crippen LogP contribution is 2.34. The van der Waals surface area contributed by atoms with Gasteiger partial charge in [-0.15, -0.1) is 0 Å². The monoisotopic (exact) mass is 305 g/mol. The summed E-state index contributed by atoms with van der Waals surface area (Å²) in [4.78, 5) is 26.5. The molecule has 1 aliphatic heterocycles. The second-order valence-electron chi connectivity index (χ2n) is 5.59. The number of benzene rings is 1. The van der Waals surface area contributed by atoms with Crippen LogP contribution in [0.2, 0.25) is 0 Å². The number of amides is 1. The van der Waals surface area contributed by atoms with Crippen LogP contribution in [0.5, 0.6) is 0 Å². The van der Waals surface area contributed by atoms with Crippen molar-refractivity contribution in [3.63, 3.8) is 0 Å². The van der Waals surface area contributed by atoms with Gasteiger partial charge in [0.15, 0.2) is 0 Å². The highest BCUT2D eigenvalue weighted by molar-refractivity contribution is 5.94. The molecule has 0 aromatic heterocycles. The molecule has 0 unspecified atom stereocenters. The third kappa shape index (κ3) is 3.47. The standard InChI is InChI=1S/C17H23NO4/c1-3-22-16(20)17(13-21-2)9-11-18(12-10-17)15(19)14-7-5-4-6-8-14/h4-8H,3,9-13H2,1-2H3. The summed E-state index contributed by atoms with van der Waals surface area (Å²) in [6.45, 7) is 3.56. The van der Waals surface area contributed by atoms with Gasteiger partial charge in [-0.3, -0.25) is 9.59 Å². The van der Waals surface area contributed by atoms with Gasteiger partial charge in [0.1, 0.15) is 0 Å². The van der Waals surface area contributed by atoms with Crippen molar-refractivity contribution in [2.75, 3.05) is 33.4 Å². The summed E-state index contributed by atoms with van der Waals surface area (Å²) in [5, 5.41) is 0. The smallest absolute Gasteiger partial charge is 0.314 e. The van der Waals surface area contributed by atoms with E-state index in [-0.39, 0.29) is 11.9 Å². The van der Waals surface area contributed by atoms with E-state index in [0.29, 0.717) is 44.7 Å². The molecular formula is C17H23NO4. The molecule has 0 bridgehead atoms. The SMILES string of the molecule is CCOC(=O)C1(COC)CCN(C(=O)c2ccccc2)CC1. The fourth-order valence-electron chi connectivity index (χ4n) is 2.87. The number of carbonyl (C=O) groups is 2. The van der Waals surface area contributed by atoms with Gasteiger partial charge in [0.2, 0.25) is 0 Å². The van der Waals surface area contributed by atoms with Crippen molar-refractivity contribution < 1.29 is 19.1 Å². The van der Waals surface area contributed by atoms with Crippen molar-refractivity contribution in [1.82, 2.24) is 4.90 Å². The van der Waals surface area contributed by atoms with Crippen LogP contribution in [0.4, 0.5) is 0 Å². The molecular weight excluding hydrogens is 282 g/mol. The van der Waals surface area contributed by atoms with E-state index >= 15 is 0 Å². The van der Waals surface area contributed by atoms with Crippen LogP contribution >= 0.6 is 0 Å². The Bertz CT molecular complexity index is 507. The molecule has 5 nitrogen and oxygen atoms in total. The minimum absolute atomic E-state index is 0.00970. The van der Waals surface area contributed by atoms with E-state index in [1.807, 2.05) is 30.3 Å². The minimum atomic E-state index is -0.627. The Morgan fingerprint density at radius 3 is 2.36 bits per heavy atom. The van der Waals surface area contributed by atoms with E-state index < -0.39 is 5.41 Å². The quantitative estimate of drug-likeness (QED) is 0.782. The van der Waals surface area contributed by atoms with Gasteiger partial charge in [-0.05, 0) is 31.9 Å². The highest BCUT2D eigenvalue weighted by atomic mass is 16.5. The number of rotatable bonds is 5. The number of carbonyl (C=O) groups excluding carboxylic acids is 2. The lowest BCUT2D eigenvalue weighted by Crippen LogP contribution is -2.49. The molecule has 22 heavy (non-hydrogen) atoms. The number of methoxy groups -OCH3 is 1. The molecule has 0 aliphatic carbocycles. The van der Waals surface area contributed by atoms with Gasteiger partial charge in [-0.25, -0.2) is 0 Å². The van der Waals surface area contributed by atoms with Crippen LogP contribution in [0.25, 0.3) is 0 Å². The van der Waals surface area contributed by atoms with Crippen LogP contribution in [0.1, 0.15) is 30.1 Å². The Kier molecular flexibility index (Phi) is 5.55. The van der Waals surface area contributed by atoms with Crippen LogP contribution in [0.3, 0.4) is 0 Å². The highest BCUT2D eigenvalue weighted by Gasteiger charge is 2.43. The Labute approximate surface area is 131 Å². The molecule has 1 heterocycles. The maximum atomic E-state index is 12.4. The first kappa shape index (κ1) is 16.5. The number of piperidine rings is 1. The van der Waals surface area contributed by atoms with Crippen LogP contribution in [0.15, 0.2) is 30.3 Å². The molecule has 0 saturated carbocycles. The lowest BCUT2D eigenvalue weighted by atomic mass is 9.79. The van der Waals surface area contributed by atoms with E-state index in [1.54, 1.807) is 18.9 Å². The predicted molar refractivity (Wildman–Crippen MR) is 82.5 cm³/mol. The van der Waals surface area contributed by atoms with E-state index in [2.05, 4.69) is 0 Å². The topological polar surface area (TPSA) is 55.8 Å². The third-order valence-corrected chi connectivity index (χ3v) is 4.16. The molecule has 1 aromatic carbocycles. The molecule has 1 aliphatic rings. The Balaban J connectivity index is 2.04. The zero-order valence-electron chi connectivity index (χ0n) is 13.2. The number of esters is 1. The lowest BCUT2D eigenvalue weighted by molar-refractivity contribution is -0.162. The predicted octanol–water partition coefficient (Wildman–Crippen LogP) is 2.12. The number of ether oxygens (including phenoxy) is 2. The van der Waals surface area contributed by atoms with Crippen molar-refractivity contribution in [2.24, 2.45) is 5.41 Å².